The first-order chi connectivity index (χ1) is 22.5. The van der Waals surface area contributed by atoms with Crippen LogP contribution in [0.5, 0.6) is 0 Å². The first kappa shape index (κ1) is 27.9. The van der Waals surface area contributed by atoms with Crippen LogP contribution < -0.4 is 5.32 Å². The van der Waals surface area contributed by atoms with Crippen molar-refractivity contribution in [2.45, 2.75) is 19.3 Å². The van der Waals surface area contributed by atoms with Gasteiger partial charge in [0.05, 0.1) is 0 Å². The van der Waals surface area contributed by atoms with E-state index in [1.54, 1.807) is 0 Å². The van der Waals surface area contributed by atoms with E-state index in [1.165, 1.54) is 66.8 Å². The van der Waals surface area contributed by atoms with E-state index < -0.39 is 0 Å². The number of nitrogens with one attached hydrogen (secondary N) is 1. The molecule has 1 N–H and O–H groups in total. The van der Waals surface area contributed by atoms with Gasteiger partial charge in [-0.2, -0.15) is 0 Å². The lowest BCUT2D eigenvalue weighted by Crippen LogP contribution is -2.14. The highest BCUT2D eigenvalue weighted by Crippen LogP contribution is 2.49. The fraction of sp³-hybridized carbons (Fsp3) is 0.0667. The van der Waals surface area contributed by atoms with Crippen molar-refractivity contribution in [2.75, 3.05) is 5.32 Å². The predicted molar refractivity (Wildman–Crippen MR) is 195 cm³/mol. The molecule has 1 nitrogen and oxygen atoms in total. The standard InChI is InChI=1S/C45H35N/c1-45(2)43-19-10-9-18-40(43)41-26-22-35(29-44(41)45)32-20-23-37(24-21-32)46-38-25-27-39(42(30-38)33-14-7-4-8-15-33)36-17-11-16-34(28-36)31-12-5-3-6-13-31/h3-30,46H,1-2H3. The molecule has 0 bridgehead atoms. The lowest BCUT2D eigenvalue weighted by atomic mass is 9.81. The molecule has 7 aromatic rings. The van der Waals surface area contributed by atoms with Gasteiger partial charge < -0.3 is 5.32 Å². The molecule has 220 valence electrons. The number of rotatable bonds is 6. The molecule has 0 saturated heterocycles. The Morgan fingerprint density at radius 1 is 0.326 bits per heavy atom. The molecule has 0 radical (unpaired) electrons. The molecule has 0 aromatic heterocycles. The minimum absolute atomic E-state index is 0.00504. The molecule has 0 fully saturated rings. The van der Waals surface area contributed by atoms with Gasteiger partial charge in [-0.25, -0.2) is 0 Å². The Bertz CT molecular complexity index is 2170. The maximum absolute atomic E-state index is 3.68. The van der Waals surface area contributed by atoms with Gasteiger partial charge in [0.2, 0.25) is 0 Å². The quantitative estimate of drug-likeness (QED) is 0.203. The number of benzene rings is 7. The molecule has 0 amide bonds. The Morgan fingerprint density at radius 3 is 1.65 bits per heavy atom. The van der Waals surface area contributed by atoms with Crippen molar-refractivity contribution < 1.29 is 0 Å². The van der Waals surface area contributed by atoms with Crippen molar-refractivity contribution in [3.63, 3.8) is 0 Å². The molecule has 0 aliphatic heterocycles. The summed E-state index contributed by atoms with van der Waals surface area (Å²) in [6.45, 7) is 4.67. The summed E-state index contributed by atoms with van der Waals surface area (Å²) in [7, 11) is 0. The monoisotopic (exact) mass is 589 g/mol. The van der Waals surface area contributed by atoms with Crippen molar-refractivity contribution >= 4 is 11.4 Å². The molecule has 46 heavy (non-hydrogen) atoms. The summed E-state index contributed by atoms with van der Waals surface area (Å²) in [5.41, 5.74) is 17.4. The molecule has 0 spiro atoms. The summed E-state index contributed by atoms with van der Waals surface area (Å²) in [6.07, 6.45) is 0. The van der Waals surface area contributed by atoms with Crippen molar-refractivity contribution in [1.29, 1.82) is 0 Å². The molecule has 1 heteroatoms. The van der Waals surface area contributed by atoms with Gasteiger partial charge in [0.25, 0.3) is 0 Å². The summed E-state index contributed by atoms with van der Waals surface area (Å²) in [5.74, 6) is 0. The lowest BCUT2D eigenvalue weighted by Gasteiger charge is -2.22. The lowest BCUT2D eigenvalue weighted by molar-refractivity contribution is 0.660. The minimum Gasteiger partial charge on any atom is -0.356 e. The normalized spacial score (nSPS) is 12.7. The van der Waals surface area contributed by atoms with Crippen LogP contribution in [0, 0.1) is 0 Å². The number of anilines is 2. The molecular weight excluding hydrogens is 555 g/mol. The smallest absolute Gasteiger partial charge is 0.0390 e. The Balaban J connectivity index is 1.09. The van der Waals surface area contributed by atoms with Crippen LogP contribution in [0.4, 0.5) is 11.4 Å². The van der Waals surface area contributed by atoms with Crippen LogP contribution >= 0.6 is 0 Å². The summed E-state index contributed by atoms with van der Waals surface area (Å²) < 4.78 is 0. The molecule has 1 aliphatic rings. The Hall–Kier alpha value is -5.66. The van der Waals surface area contributed by atoms with E-state index in [0.717, 1.165) is 11.4 Å². The second-order valence-electron chi connectivity index (χ2n) is 12.7. The second-order valence-corrected chi connectivity index (χ2v) is 12.7. The maximum atomic E-state index is 3.68. The molecule has 1 aliphatic carbocycles. The summed E-state index contributed by atoms with van der Waals surface area (Å²) >= 11 is 0. The van der Waals surface area contributed by atoms with Crippen LogP contribution in [-0.4, -0.2) is 0 Å². The highest BCUT2D eigenvalue weighted by Gasteiger charge is 2.35. The van der Waals surface area contributed by atoms with Crippen LogP contribution in [0.15, 0.2) is 170 Å². The molecular formula is C45H35N. The van der Waals surface area contributed by atoms with Gasteiger partial charge in [0, 0.05) is 16.8 Å². The Morgan fingerprint density at radius 2 is 0.870 bits per heavy atom. The highest BCUT2D eigenvalue weighted by atomic mass is 14.9. The van der Waals surface area contributed by atoms with Gasteiger partial charge in [0.15, 0.2) is 0 Å². The van der Waals surface area contributed by atoms with Gasteiger partial charge >= 0.3 is 0 Å². The van der Waals surface area contributed by atoms with Gasteiger partial charge in [-0.1, -0.05) is 147 Å². The third kappa shape index (κ3) is 5.01. The Labute approximate surface area is 271 Å². The number of hydrogen-bond acceptors (Lipinski definition) is 1. The zero-order valence-electron chi connectivity index (χ0n) is 26.2. The predicted octanol–water partition coefficient (Wildman–Crippen LogP) is 12.4. The van der Waals surface area contributed by atoms with Gasteiger partial charge in [-0.15, -0.1) is 0 Å². The fourth-order valence-electron chi connectivity index (χ4n) is 7.02. The third-order valence-corrected chi connectivity index (χ3v) is 9.48. The van der Waals surface area contributed by atoms with Crippen molar-refractivity contribution in [1.82, 2.24) is 0 Å². The van der Waals surface area contributed by atoms with E-state index in [2.05, 4.69) is 189 Å². The van der Waals surface area contributed by atoms with Crippen LogP contribution in [-0.2, 0) is 5.41 Å². The Kier molecular flexibility index (Phi) is 6.88. The van der Waals surface area contributed by atoms with E-state index in [4.69, 9.17) is 0 Å². The average molecular weight is 590 g/mol. The first-order valence-corrected chi connectivity index (χ1v) is 16.0. The number of fused-ring (bicyclic) bond motifs is 3. The molecule has 0 saturated carbocycles. The van der Waals surface area contributed by atoms with Gasteiger partial charge in [0.1, 0.15) is 0 Å². The van der Waals surface area contributed by atoms with E-state index in [-0.39, 0.29) is 5.41 Å². The van der Waals surface area contributed by atoms with Gasteiger partial charge in [-0.3, -0.25) is 0 Å². The summed E-state index contributed by atoms with van der Waals surface area (Å²) in [6, 6.07) is 61.4. The molecule has 8 rings (SSSR count). The van der Waals surface area contributed by atoms with Crippen LogP contribution in [0.2, 0.25) is 0 Å². The molecule has 0 atom stereocenters. The zero-order chi connectivity index (χ0) is 31.1. The summed E-state index contributed by atoms with van der Waals surface area (Å²) in [4.78, 5) is 0. The highest BCUT2D eigenvalue weighted by molar-refractivity contribution is 5.88. The fourth-order valence-corrected chi connectivity index (χ4v) is 7.02. The van der Waals surface area contributed by atoms with Crippen LogP contribution in [0.25, 0.3) is 55.6 Å². The van der Waals surface area contributed by atoms with Crippen molar-refractivity contribution in [3.05, 3.63) is 181 Å². The minimum atomic E-state index is -0.00504. The van der Waals surface area contributed by atoms with Gasteiger partial charge in [-0.05, 0) is 103 Å². The van der Waals surface area contributed by atoms with E-state index in [1.807, 2.05) is 0 Å². The van der Waals surface area contributed by atoms with Crippen LogP contribution in [0.3, 0.4) is 0 Å². The van der Waals surface area contributed by atoms with E-state index in [9.17, 15) is 0 Å². The SMILES string of the molecule is CC1(C)c2ccccc2-c2ccc(-c3ccc(Nc4ccc(-c5cccc(-c6ccccc6)c5)c(-c5ccccc5)c4)cc3)cc21. The van der Waals surface area contributed by atoms with Crippen LogP contribution in [0.1, 0.15) is 25.0 Å². The number of hydrogen-bond donors (Lipinski definition) is 1. The topological polar surface area (TPSA) is 12.0 Å². The second kappa shape index (κ2) is 11.4. The molecule has 0 heterocycles. The average Bonchev–Trinajstić information content (AvgIpc) is 3.35. The van der Waals surface area contributed by atoms with E-state index in [0.29, 0.717) is 0 Å². The van der Waals surface area contributed by atoms with Crippen molar-refractivity contribution in [2.24, 2.45) is 0 Å². The zero-order valence-corrected chi connectivity index (χ0v) is 26.2. The molecule has 7 aromatic carbocycles. The summed E-state index contributed by atoms with van der Waals surface area (Å²) in [5, 5.41) is 3.68. The third-order valence-electron chi connectivity index (χ3n) is 9.48. The first-order valence-electron chi connectivity index (χ1n) is 16.0. The maximum Gasteiger partial charge on any atom is 0.0390 e. The van der Waals surface area contributed by atoms with E-state index >= 15 is 0 Å². The largest absolute Gasteiger partial charge is 0.356 e. The molecule has 0 unspecified atom stereocenters. The van der Waals surface area contributed by atoms with Crippen molar-refractivity contribution in [3.8, 4) is 55.6 Å².